The number of halogens is 2. The molecule has 2 aromatic rings. The molecule has 0 saturated carbocycles. The number of benzene rings is 2. The van der Waals surface area contributed by atoms with Crippen molar-refractivity contribution in [2.24, 2.45) is 0 Å². The number of amides is 1. The number of thioether (sulfide) groups is 1. The first-order chi connectivity index (χ1) is 9.99. The summed E-state index contributed by atoms with van der Waals surface area (Å²) in [6.45, 7) is 1.67. The van der Waals surface area contributed by atoms with Crippen LogP contribution in [0.3, 0.4) is 0 Å². The molecule has 110 valence electrons. The molecule has 2 aromatic carbocycles. The summed E-state index contributed by atoms with van der Waals surface area (Å²) >= 11 is 0.359. The minimum absolute atomic E-state index is 0.104. The van der Waals surface area contributed by atoms with E-state index < -0.39 is 11.7 Å². The molecule has 1 amide bonds. The van der Waals surface area contributed by atoms with Crippen LogP contribution in [-0.4, -0.2) is 16.8 Å². The van der Waals surface area contributed by atoms with Crippen LogP contribution in [0.25, 0.3) is 0 Å². The summed E-state index contributed by atoms with van der Waals surface area (Å²) in [6.07, 6.45) is 0. The molecule has 0 saturated heterocycles. The second-order valence-electron chi connectivity index (χ2n) is 4.30. The van der Waals surface area contributed by atoms with Gasteiger partial charge in [0.1, 0.15) is 5.75 Å². The number of anilines is 1. The van der Waals surface area contributed by atoms with Crippen molar-refractivity contribution in [1.29, 1.82) is 0 Å². The lowest BCUT2D eigenvalue weighted by molar-refractivity contribution is 0.102. The predicted octanol–water partition coefficient (Wildman–Crippen LogP) is 4.27. The maximum absolute atomic E-state index is 12.5. The molecule has 0 aliphatic rings. The first kappa shape index (κ1) is 15.3. The van der Waals surface area contributed by atoms with Crippen LogP contribution in [0.4, 0.5) is 14.5 Å². The Labute approximate surface area is 125 Å². The van der Waals surface area contributed by atoms with E-state index in [1.54, 1.807) is 31.2 Å². The summed E-state index contributed by atoms with van der Waals surface area (Å²) in [5.74, 6) is -3.23. The Morgan fingerprint density at radius 3 is 2.62 bits per heavy atom. The fourth-order valence-corrected chi connectivity index (χ4v) is 2.40. The van der Waals surface area contributed by atoms with Crippen LogP contribution in [0.1, 0.15) is 15.9 Å². The zero-order valence-electron chi connectivity index (χ0n) is 11.1. The highest BCUT2D eigenvalue weighted by Gasteiger charge is 2.15. The number of carbonyl (C=O) groups is 1. The van der Waals surface area contributed by atoms with Crippen molar-refractivity contribution in [3.63, 3.8) is 0 Å². The Morgan fingerprint density at radius 2 is 1.90 bits per heavy atom. The number of alkyl halides is 2. The van der Waals surface area contributed by atoms with Crippen LogP contribution in [-0.2, 0) is 0 Å². The molecule has 21 heavy (non-hydrogen) atoms. The van der Waals surface area contributed by atoms with Crippen molar-refractivity contribution in [1.82, 2.24) is 0 Å². The Balaban J connectivity index is 2.26. The topological polar surface area (TPSA) is 49.3 Å². The van der Waals surface area contributed by atoms with E-state index in [1.165, 1.54) is 18.2 Å². The maximum Gasteiger partial charge on any atom is 0.288 e. The van der Waals surface area contributed by atoms with Crippen molar-refractivity contribution in [2.75, 3.05) is 5.32 Å². The molecule has 2 rings (SSSR count). The summed E-state index contributed by atoms with van der Waals surface area (Å²) in [5.41, 5.74) is 0.957. The molecule has 0 fully saturated rings. The van der Waals surface area contributed by atoms with Crippen molar-refractivity contribution >= 4 is 23.4 Å². The Morgan fingerprint density at radius 1 is 1.19 bits per heavy atom. The van der Waals surface area contributed by atoms with E-state index in [9.17, 15) is 18.7 Å². The predicted molar refractivity (Wildman–Crippen MR) is 79.1 cm³/mol. The van der Waals surface area contributed by atoms with Gasteiger partial charge in [0.15, 0.2) is 0 Å². The number of aromatic hydroxyl groups is 1. The highest BCUT2D eigenvalue weighted by molar-refractivity contribution is 7.99. The maximum atomic E-state index is 12.5. The monoisotopic (exact) mass is 309 g/mol. The molecule has 0 aliphatic carbocycles. The lowest BCUT2D eigenvalue weighted by atomic mass is 10.1. The standard InChI is InChI=1S/C15H13F2NO2S/c1-9-5-4-6-10(13(9)19)14(20)18-11-7-2-3-8-12(11)21-15(16)17/h2-8,15,19H,1H3,(H,18,20). The number of nitrogens with one attached hydrogen (secondary N) is 1. The Kier molecular flexibility index (Phi) is 4.80. The summed E-state index contributed by atoms with van der Waals surface area (Å²) in [5, 5.41) is 12.4. The normalized spacial score (nSPS) is 10.7. The van der Waals surface area contributed by atoms with Crippen LogP contribution < -0.4 is 5.32 Å². The van der Waals surface area contributed by atoms with Crippen molar-refractivity contribution in [3.8, 4) is 5.75 Å². The molecule has 3 nitrogen and oxygen atoms in total. The van der Waals surface area contributed by atoms with Gasteiger partial charge in [-0.3, -0.25) is 4.79 Å². The van der Waals surface area contributed by atoms with Gasteiger partial charge in [0.05, 0.1) is 11.3 Å². The zero-order chi connectivity index (χ0) is 15.4. The molecule has 6 heteroatoms. The molecular weight excluding hydrogens is 296 g/mol. The van der Waals surface area contributed by atoms with Gasteiger partial charge in [-0.05, 0) is 30.7 Å². The van der Waals surface area contributed by atoms with Gasteiger partial charge in [0.2, 0.25) is 0 Å². The van der Waals surface area contributed by atoms with E-state index >= 15 is 0 Å². The van der Waals surface area contributed by atoms with Crippen molar-refractivity contribution < 1.29 is 18.7 Å². The van der Waals surface area contributed by atoms with E-state index in [2.05, 4.69) is 5.32 Å². The summed E-state index contributed by atoms with van der Waals surface area (Å²) in [7, 11) is 0. The Hall–Kier alpha value is -2.08. The molecule has 0 radical (unpaired) electrons. The number of hydrogen-bond acceptors (Lipinski definition) is 3. The quantitative estimate of drug-likeness (QED) is 0.829. The average Bonchev–Trinajstić information content (AvgIpc) is 2.43. The molecule has 0 spiro atoms. The molecule has 0 unspecified atom stereocenters. The van der Waals surface area contributed by atoms with Crippen molar-refractivity contribution in [2.45, 2.75) is 17.6 Å². The van der Waals surface area contributed by atoms with Gasteiger partial charge in [0, 0.05) is 4.90 Å². The summed E-state index contributed by atoms with van der Waals surface area (Å²) in [6, 6.07) is 11.1. The second-order valence-corrected chi connectivity index (χ2v) is 5.33. The molecule has 0 heterocycles. The second kappa shape index (κ2) is 6.58. The number of carbonyl (C=O) groups excluding carboxylic acids is 1. The van der Waals surface area contributed by atoms with Gasteiger partial charge in [-0.25, -0.2) is 0 Å². The smallest absolute Gasteiger partial charge is 0.288 e. The van der Waals surface area contributed by atoms with Gasteiger partial charge in [0.25, 0.3) is 11.7 Å². The number of para-hydroxylation sites is 2. The molecule has 0 aliphatic heterocycles. The lowest BCUT2D eigenvalue weighted by Crippen LogP contribution is -2.13. The van der Waals surface area contributed by atoms with Gasteiger partial charge >= 0.3 is 0 Å². The number of phenolic OH excluding ortho intramolecular Hbond substituents is 1. The van der Waals surface area contributed by atoms with E-state index in [1.807, 2.05) is 0 Å². The van der Waals surface area contributed by atoms with Crippen LogP contribution in [0.5, 0.6) is 5.75 Å². The molecule has 0 bridgehead atoms. The lowest BCUT2D eigenvalue weighted by Gasteiger charge is -2.11. The van der Waals surface area contributed by atoms with Gasteiger partial charge in [-0.1, -0.05) is 36.0 Å². The molecular formula is C15H13F2NO2S. The Bertz CT molecular complexity index is 662. The number of phenols is 1. The van der Waals surface area contributed by atoms with E-state index in [-0.39, 0.29) is 21.9 Å². The van der Waals surface area contributed by atoms with Crippen molar-refractivity contribution in [3.05, 3.63) is 53.6 Å². The SMILES string of the molecule is Cc1cccc(C(=O)Nc2ccccc2SC(F)F)c1O. The minimum atomic E-state index is -2.57. The number of rotatable bonds is 4. The fourth-order valence-electron chi connectivity index (χ4n) is 1.80. The van der Waals surface area contributed by atoms with Gasteiger partial charge in [-0.15, -0.1) is 0 Å². The van der Waals surface area contributed by atoms with Crippen LogP contribution in [0.2, 0.25) is 0 Å². The largest absolute Gasteiger partial charge is 0.507 e. The first-order valence-corrected chi connectivity index (χ1v) is 7.01. The highest BCUT2D eigenvalue weighted by Crippen LogP contribution is 2.32. The van der Waals surface area contributed by atoms with E-state index in [0.29, 0.717) is 17.3 Å². The van der Waals surface area contributed by atoms with E-state index in [4.69, 9.17) is 0 Å². The molecule has 0 atom stereocenters. The molecule has 0 aromatic heterocycles. The van der Waals surface area contributed by atoms with E-state index in [0.717, 1.165) is 0 Å². The van der Waals surface area contributed by atoms with Gasteiger partial charge < -0.3 is 10.4 Å². The minimum Gasteiger partial charge on any atom is -0.507 e. The highest BCUT2D eigenvalue weighted by atomic mass is 32.2. The van der Waals surface area contributed by atoms with Crippen LogP contribution in [0, 0.1) is 6.92 Å². The zero-order valence-corrected chi connectivity index (χ0v) is 12.0. The average molecular weight is 309 g/mol. The fraction of sp³-hybridized carbons (Fsp3) is 0.133. The van der Waals surface area contributed by atoms with Crippen LogP contribution in [0.15, 0.2) is 47.4 Å². The number of aryl methyl sites for hydroxylation is 1. The molecule has 2 N–H and O–H groups in total. The van der Waals surface area contributed by atoms with Crippen LogP contribution >= 0.6 is 11.8 Å². The summed E-state index contributed by atoms with van der Waals surface area (Å²) in [4.78, 5) is 12.4. The third-order valence-corrected chi connectivity index (χ3v) is 3.62. The number of hydrogen-bond donors (Lipinski definition) is 2. The summed E-state index contributed by atoms with van der Waals surface area (Å²) < 4.78 is 25.0. The third-order valence-electron chi connectivity index (χ3n) is 2.83. The van der Waals surface area contributed by atoms with Gasteiger partial charge in [-0.2, -0.15) is 8.78 Å². The third kappa shape index (κ3) is 3.72. The first-order valence-electron chi connectivity index (χ1n) is 6.13.